The molecule has 174 valence electrons. The number of unbranched alkanes of at least 4 members (excludes halogenated alkanes) is 1. The van der Waals surface area contributed by atoms with Crippen molar-refractivity contribution in [2.24, 2.45) is 0 Å². The van der Waals surface area contributed by atoms with Gasteiger partial charge in [0.2, 0.25) is 5.91 Å². The molecule has 0 unspecified atom stereocenters. The molecule has 1 amide bonds. The van der Waals surface area contributed by atoms with Crippen LogP contribution in [0.5, 0.6) is 11.5 Å². The number of hydrogen-bond donors (Lipinski definition) is 1. The molecule has 1 aliphatic rings. The molecule has 2 aromatic carbocycles. The topological polar surface area (TPSA) is 54.0 Å². The number of ether oxygens (including phenoxy) is 2. The molecule has 0 atom stereocenters. The summed E-state index contributed by atoms with van der Waals surface area (Å²) in [5, 5.41) is 2.97. The summed E-state index contributed by atoms with van der Waals surface area (Å²) in [6.45, 7) is 8.55. The van der Waals surface area contributed by atoms with Crippen LogP contribution in [-0.2, 0) is 11.3 Å². The zero-order valence-electron chi connectivity index (χ0n) is 19.5. The van der Waals surface area contributed by atoms with Gasteiger partial charge in [0.05, 0.1) is 19.4 Å². The van der Waals surface area contributed by atoms with E-state index in [9.17, 15) is 4.79 Å². The lowest BCUT2D eigenvalue weighted by Crippen LogP contribution is -2.46. The summed E-state index contributed by atoms with van der Waals surface area (Å²) in [5.74, 6) is 1.95. The molecule has 3 rings (SSSR count). The standard InChI is InChI=1S/C26H37N3O3/c1-3-4-10-26(30)27-21-22-11-13-23(14-12-22)32-20-7-15-28-16-18-29(19-17-28)24-8-5-6-9-25(24)31-2/h5-6,8-9,11-14H,3-4,7,10,15-21H2,1-2H3,(H,27,30). The van der Waals surface area contributed by atoms with Gasteiger partial charge in [-0.3, -0.25) is 9.69 Å². The molecular formula is C26H37N3O3. The van der Waals surface area contributed by atoms with Gasteiger partial charge < -0.3 is 19.7 Å². The van der Waals surface area contributed by atoms with Crippen LogP contribution in [0.2, 0.25) is 0 Å². The van der Waals surface area contributed by atoms with E-state index in [2.05, 4.69) is 34.2 Å². The number of para-hydroxylation sites is 2. The molecule has 0 aliphatic carbocycles. The molecular weight excluding hydrogens is 402 g/mol. The van der Waals surface area contributed by atoms with Crippen molar-refractivity contribution in [1.82, 2.24) is 10.2 Å². The first-order valence-corrected chi connectivity index (χ1v) is 11.8. The Bertz CT molecular complexity index is 817. The maximum Gasteiger partial charge on any atom is 0.220 e. The van der Waals surface area contributed by atoms with Gasteiger partial charge in [-0.05, 0) is 42.7 Å². The van der Waals surface area contributed by atoms with Crippen molar-refractivity contribution in [3.63, 3.8) is 0 Å². The van der Waals surface area contributed by atoms with Crippen molar-refractivity contribution in [2.45, 2.75) is 39.2 Å². The van der Waals surface area contributed by atoms with Gasteiger partial charge in [0.25, 0.3) is 0 Å². The highest BCUT2D eigenvalue weighted by molar-refractivity contribution is 5.75. The van der Waals surface area contributed by atoms with Crippen LogP contribution >= 0.6 is 0 Å². The highest BCUT2D eigenvalue weighted by Crippen LogP contribution is 2.28. The second kappa shape index (κ2) is 13.0. The Morgan fingerprint density at radius 1 is 1.00 bits per heavy atom. The molecule has 0 radical (unpaired) electrons. The van der Waals surface area contributed by atoms with Crippen LogP contribution in [0.1, 0.15) is 38.2 Å². The Kier molecular flexibility index (Phi) is 9.69. The number of nitrogens with zero attached hydrogens (tertiary/aromatic N) is 2. The van der Waals surface area contributed by atoms with E-state index < -0.39 is 0 Å². The first-order valence-electron chi connectivity index (χ1n) is 11.8. The Hall–Kier alpha value is -2.73. The molecule has 0 aromatic heterocycles. The molecule has 6 heteroatoms. The van der Waals surface area contributed by atoms with Gasteiger partial charge in [-0.2, -0.15) is 0 Å². The Balaban J connectivity index is 1.31. The van der Waals surface area contributed by atoms with Gasteiger partial charge in [0.15, 0.2) is 0 Å². The molecule has 1 fully saturated rings. The Labute approximate surface area is 192 Å². The van der Waals surface area contributed by atoms with Crippen LogP contribution in [0.25, 0.3) is 0 Å². The number of methoxy groups -OCH3 is 1. The highest BCUT2D eigenvalue weighted by atomic mass is 16.5. The zero-order valence-corrected chi connectivity index (χ0v) is 19.5. The minimum absolute atomic E-state index is 0.121. The summed E-state index contributed by atoms with van der Waals surface area (Å²) >= 11 is 0. The van der Waals surface area contributed by atoms with Gasteiger partial charge in [-0.1, -0.05) is 37.6 Å². The van der Waals surface area contributed by atoms with E-state index in [-0.39, 0.29) is 5.91 Å². The van der Waals surface area contributed by atoms with E-state index in [1.54, 1.807) is 7.11 Å². The van der Waals surface area contributed by atoms with Gasteiger partial charge in [-0.25, -0.2) is 0 Å². The summed E-state index contributed by atoms with van der Waals surface area (Å²) in [6, 6.07) is 16.2. The number of rotatable bonds is 12. The van der Waals surface area contributed by atoms with Crippen molar-refractivity contribution in [1.29, 1.82) is 0 Å². The first kappa shape index (κ1) is 23.9. The number of piperazine rings is 1. The maximum atomic E-state index is 11.7. The lowest BCUT2D eigenvalue weighted by Gasteiger charge is -2.36. The summed E-state index contributed by atoms with van der Waals surface area (Å²) in [5.41, 5.74) is 2.28. The molecule has 0 spiro atoms. The Morgan fingerprint density at radius 2 is 1.75 bits per heavy atom. The third kappa shape index (κ3) is 7.45. The molecule has 0 saturated carbocycles. The molecule has 1 heterocycles. The largest absolute Gasteiger partial charge is 0.495 e. The quantitative estimate of drug-likeness (QED) is 0.505. The number of amides is 1. The zero-order chi connectivity index (χ0) is 22.6. The minimum Gasteiger partial charge on any atom is -0.495 e. The number of benzene rings is 2. The van der Waals surface area contributed by atoms with Gasteiger partial charge in [-0.15, -0.1) is 0 Å². The van der Waals surface area contributed by atoms with Crippen LogP contribution in [-0.4, -0.2) is 57.2 Å². The monoisotopic (exact) mass is 439 g/mol. The fraction of sp³-hybridized carbons (Fsp3) is 0.500. The van der Waals surface area contributed by atoms with Crippen molar-refractivity contribution in [3.8, 4) is 11.5 Å². The minimum atomic E-state index is 0.121. The lowest BCUT2D eigenvalue weighted by atomic mass is 10.2. The number of nitrogens with one attached hydrogen (secondary N) is 1. The van der Waals surface area contributed by atoms with Crippen LogP contribution in [0, 0.1) is 0 Å². The van der Waals surface area contributed by atoms with E-state index in [0.717, 1.165) is 69.0 Å². The number of carbonyl (C=O) groups excluding carboxylic acids is 1. The molecule has 1 aliphatic heterocycles. The average Bonchev–Trinajstić information content (AvgIpc) is 2.85. The van der Waals surface area contributed by atoms with Crippen LogP contribution in [0.15, 0.2) is 48.5 Å². The van der Waals surface area contributed by atoms with E-state index in [4.69, 9.17) is 9.47 Å². The number of hydrogen-bond acceptors (Lipinski definition) is 5. The van der Waals surface area contributed by atoms with Gasteiger partial charge in [0.1, 0.15) is 11.5 Å². The van der Waals surface area contributed by atoms with E-state index in [1.165, 1.54) is 5.69 Å². The predicted octanol–water partition coefficient (Wildman–Crippen LogP) is 4.09. The van der Waals surface area contributed by atoms with Crippen molar-refractivity contribution in [3.05, 3.63) is 54.1 Å². The number of anilines is 1. The van der Waals surface area contributed by atoms with Gasteiger partial charge >= 0.3 is 0 Å². The first-order chi connectivity index (χ1) is 15.7. The summed E-state index contributed by atoms with van der Waals surface area (Å²) in [4.78, 5) is 16.6. The predicted molar refractivity (Wildman–Crippen MR) is 130 cm³/mol. The lowest BCUT2D eigenvalue weighted by molar-refractivity contribution is -0.121. The molecule has 6 nitrogen and oxygen atoms in total. The highest BCUT2D eigenvalue weighted by Gasteiger charge is 2.19. The summed E-state index contributed by atoms with van der Waals surface area (Å²) in [6.07, 6.45) is 3.59. The normalized spacial score (nSPS) is 14.2. The average molecular weight is 440 g/mol. The molecule has 32 heavy (non-hydrogen) atoms. The molecule has 0 bridgehead atoms. The summed E-state index contributed by atoms with van der Waals surface area (Å²) < 4.78 is 11.4. The SMILES string of the molecule is CCCCC(=O)NCc1ccc(OCCCN2CCN(c3ccccc3OC)CC2)cc1. The molecule has 1 saturated heterocycles. The third-order valence-corrected chi connectivity index (χ3v) is 5.86. The van der Waals surface area contributed by atoms with Gasteiger partial charge in [0, 0.05) is 45.7 Å². The van der Waals surface area contributed by atoms with E-state index in [1.807, 2.05) is 36.4 Å². The van der Waals surface area contributed by atoms with Crippen LogP contribution in [0.4, 0.5) is 5.69 Å². The van der Waals surface area contributed by atoms with E-state index >= 15 is 0 Å². The third-order valence-electron chi connectivity index (χ3n) is 5.86. The second-order valence-electron chi connectivity index (χ2n) is 8.23. The van der Waals surface area contributed by atoms with Crippen molar-refractivity contribution in [2.75, 3.05) is 51.3 Å². The number of carbonyl (C=O) groups is 1. The second-order valence-corrected chi connectivity index (χ2v) is 8.23. The fourth-order valence-electron chi connectivity index (χ4n) is 3.91. The van der Waals surface area contributed by atoms with E-state index in [0.29, 0.717) is 19.6 Å². The Morgan fingerprint density at radius 3 is 2.47 bits per heavy atom. The molecule has 1 N–H and O–H groups in total. The maximum absolute atomic E-state index is 11.7. The van der Waals surface area contributed by atoms with Crippen LogP contribution in [0.3, 0.4) is 0 Å². The molecule has 2 aromatic rings. The van der Waals surface area contributed by atoms with Crippen molar-refractivity contribution >= 4 is 11.6 Å². The summed E-state index contributed by atoms with van der Waals surface area (Å²) in [7, 11) is 1.73. The van der Waals surface area contributed by atoms with Crippen LogP contribution < -0.4 is 19.7 Å². The smallest absolute Gasteiger partial charge is 0.220 e. The van der Waals surface area contributed by atoms with Crippen molar-refractivity contribution < 1.29 is 14.3 Å². The fourth-order valence-corrected chi connectivity index (χ4v) is 3.91.